The van der Waals surface area contributed by atoms with Crippen LogP contribution in [0.2, 0.25) is 0 Å². The van der Waals surface area contributed by atoms with E-state index in [4.69, 9.17) is 9.47 Å². The van der Waals surface area contributed by atoms with Crippen molar-refractivity contribution in [1.82, 2.24) is 0 Å². The van der Waals surface area contributed by atoms with Crippen molar-refractivity contribution in [3.63, 3.8) is 0 Å². The van der Waals surface area contributed by atoms with Crippen LogP contribution in [0, 0.1) is 0 Å². The first-order valence-corrected chi connectivity index (χ1v) is 6.09. The standard InChI is InChI=1S/C13H18N2O2/c1-16-10-2-3-11-12(8-10)15-13(9-14-11)4-6-17-7-5-13/h2-3,8,14-15H,4-7,9H2,1H3. The van der Waals surface area contributed by atoms with Crippen LogP contribution in [0.5, 0.6) is 5.75 Å². The third-order valence-electron chi connectivity index (χ3n) is 3.69. The zero-order valence-electron chi connectivity index (χ0n) is 10.1. The van der Waals surface area contributed by atoms with E-state index in [0.29, 0.717) is 0 Å². The molecule has 1 saturated heterocycles. The van der Waals surface area contributed by atoms with Gasteiger partial charge in [0.25, 0.3) is 0 Å². The molecule has 1 aromatic carbocycles. The topological polar surface area (TPSA) is 42.5 Å². The molecule has 0 aromatic heterocycles. The lowest BCUT2D eigenvalue weighted by Gasteiger charge is -2.43. The number of methoxy groups -OCH3 is 1. The van der Waals surface area contributed by atoms with Crippen molar-refractivity contribution in [3.05, 3.63) is 18.2 Å². The Hall–Kier alpha value is -1.42. The molecule has 0 aliphatic carbocycles. The summed E-state index contributed by atoms with van der Waals surface area (Å²) in [6, 6.07) is 6.10. The maximum absolute atomic E-state index is 5.44. The summed E-state index contributed by atoms with van der Waals surface area (Å²) in [5, 5.41) is 7.17. The number of hydrogen-bond donors (Lipinski definition) is 2. The fourth-order valence-corrected chi connectivity index (χ4v) is 2.57. The molecule has 2 aliphatic heterocycles. The Labute approximate surface area is 101 Å². The number of rotatable bonds is 1. The van der Waals surface area contributed by atoms with Crippen molar-refractivity contribution in [3.8, 4) is 5.75 Å². The highest BCUT2D eigenvalue weighted by Gasteiger charge is 2.35. The number of nitrogens with one attached hydrogen (secondary N) is 2. The lowest BCUT2D eigenvalue weighted by atomic mass is 9.87. The molecule has 0 amide bonds. The molecule has 0 bridgehead atoms. The van der Waals surface area contributed by atoms with Gasteiger partial charge < -0.3 is 20.1 Å². The second kappa shape index (κ2) is 4.11. The Morgan fingerprint density at radius 1 is 1.24 bits per heavy atom. The van der Waals surface area contributed by atoms with Crippen molar-refractivity contribution < 1.29 is 9.47 Å². The lowest BCUT2D eigenvalue weighted by molar-refractivity contribution is 0.0635. The summed E-state index contributed by atoms with van der Waals surface area (Å²) in [7, 11) is 1.70. The number of ether oxygens (including phenoxy) is 2. The predicted octanol–water partition coefficient (Wildman–Crippen LogP) is 2.08. The molecule has 1 spiro atoms. The van der Waals surface area contributed by atoms with Crippen molar-refractivity contribution in [2.75, 3.05) is 37.5 Å². The minimum atomic E-state index is 0.150. The largest absolute Gasteiger partial charge is 0.497 e. The van der Waals surface area contributed by atoms with Gasteiger partial charge in [-0.05, 0) is 25.0 Å². The second-order valence-electron chi connectivity index (χ2n) is 4.78. The van der Waals surface area contributed by atoms with E-state index in [9.17, 15) is 0 Å². The molecular formula is C13H18N2O2. The first kappa shape index (κ1) is 10.7. The van der Waals surface area contributed by atoms with Gasteiger partial charge in [0.05, 0.1) is 24.0 Å². The number of hydrogen-bond acceptors (Lipinski definition) is 4. The highest BCUT2D eigenvalue weighted by Crippen LogP contribution is 2.36. The quantitative estimate of drug-likeness (QED) is 0.780. The average molecular weight is 234 g/mol. The van der Waals surface area contributed by atoms with E-state index in [-0.39, 0.29) is 5.54 Å². The summed E-state index contributed by atoms with van der Waals surface area (Å²) >= 11 is 0. The first-order valence-electron chi connectivity index (χ1n) is 6.09. The van der Waals surface area contributed by atoms with Crippen LogP contribution in [0.1, 0.15) is 12.8 Å². The zero-order valence-corrected chi connectivity index (χ0v) is 10.1. The normalized spacial score (nSPS) is 21.2. The molecule has 2 N–H and O–H groups in total. The van der Waals surface area contributed by atoms with Crippen LogP contribution >= 0.6 is 0 Å². The van der Waals surface area contributed by atoms with Crippen molar-refractivity contribution in [2.45, 2.75) is 18.4 Å². The summed E-state index contributed by atoms with van der Waals surface area (Å²) in [5.41, 5.74) is 2.44. The minimum Gasteiger partial charge on any atom is -0.497 e. The van der Waals surface area contributed by atoms with Crippen LogP contribution in [0.15, 0.2) is 18.2 Å². The molecule has 0 radical (unpaired) electrons. The van der Waals surface area contributed by atoms with Gasteiger partial charge in [0.15, 0.2) is 0 Å². The molecule has 0 unspecified atom stereocenters. The van der Waals surface area contributed by atoms with Crippen LogP contribution in [0.25, 0.3) is 0 Å². The van der Waals surface area contributed by atoms with Gasteiger partial charge >= 0.3 is 0 Å². The molecule has 4 nitrogen and oxygen atoms in total. The Morgan fingerprint density at radius 2 is 2.06 bits per heavy atom. The third kappa shape index (κ3) is 1.93. The van der Waals surface area contributed by atoms with Gasteiger partial charge in [-0.3, -0.25) is 0 Å². The molecule has 1 aromatic rings. The van der Waals surface area contributed by atoms with Gasteiger partial charge in [0.2, 0.25) is 0 Å². The number of benzene rings is 1. The molecule has 2 heterocycles. The smallest absolute Gasteiger partial charge is 0.121 e. The first-order chi connectivity index (χ1) is 8.31. The maximum atomic E-state index is 5.44. The van der Waals surface area contributed by atoms with E-state index in [1.165, 1.54) is 0 Å². The molecule has 0 atom stereocenters. The van der Waals surface area contributed by atoms with Gasteiger partial charge in [-0.2, -0.15) is 0 Å². The summed E-state index contributed by atoms with van der Waals surface area (Å²) in [6.07, 6.45) is 2.10. The molecule has 1 fully saturated rings. The summed E-state index contributed by atoms with van der Waals surface area (Å²) in [4.78, 5) is 0. The van der Waals surface area contributed by atoms with E-state index in [2.05, 4.69) is 22.8 Å². The van der Waals surface area contributed by atoms with E-state index in [0.717, 1.165) is 49.7 Å². The second-order valence-corrected chi connectivity index (χ2v) is 4.78. The third-order valence-corrected chi connectivity index (χ3v) is 3.69. The summed E-state index contributed by atoms with van der Waals surface area (Å²) in [6.45, 7) is 2.65. The summed E-state index contributed by atoms with van der Waals surface area (Å²) < 4.78 is 10.7. The van der Waals surface area contributed by atoms with E-state index < -0.39 is 0 Å². The molecule has 17 heavy (non-hydrogen) atoms. The van der Waals surface area contributed by atoms with Crippen LogP contribution in [-0.2, 0) is 4.74 Å². The molecular weight excluding hydrogens is 216 g/mol. The average Bonchev–Trinajstić information content (AvgIpc) is 2.39. The SMILES string of the molecule is COc1ccc2c(c1)NC1(CCOCC1)CN2. The van der Waals surface area contributed by atoms with Crippen LogP contribution < -0.4 is 15.4 Å². The van der Waals surface area contributed by atoms with Crippen LogP contribution in [0.3, 0.4) is 0 Å². The van der Waals surface area contributed by atoms with E-state index in [1.807, 2.05) is 6.07 Å². The lowest BCUT2D eigenvalue weighted by Crippen LogP contribution is -2.51. The van der Waals surface area contributed by atoms with Gasteiger partial charge in [-0.15, -0.1) is 0 Å². The van der Waals surface area contributed by atoms with Crippen LogP contribution in [-0.4, -0.2) is 32.4 Å². The fraction of sp³-hybridized carbons (Fsp3) is 0.538. The van der Waals surface area contributed by atoms with Gasteiger partial charge in [-0.1, -0.05) is 0 Å². The van der Waals surface area contributed by atoms with Gasteiger partial charge in [0, 0.05) is 25.8 Å². The minimum absolute atomic E-state index is 0.150. The Balaban J connectivity index is 1.87. The zero-order chi connectivity index (χ0) is 11.7. The highest BCUT2D eigenvalue weighted by molar-refractivity contribution is 5.74. The van der Waals surface area contributed by atoms with Crippen molar-refractivity contribution in [1.29, 1.82) is 0 Å². The number of anilines is 2. The molecule has 0 saturated carbocycles. The van der Waals surface area contributed by atoms with Gasteiger partial charge in [0.1, 0.15) is 5.75 Å². The Bertz CT molecular complexity index is 414. The summed E-state index contributed by atoms with van der Waals surface area (Å²) in [5.74, 6) is 0.891. The van der Waals surface area contributed by atoms with Crippen LogP contribution in [0.4, 0.5) is 11.4 Å². The fourth-order valence-electron chi connectivity index (χ4n) is 2.57. The Kier molecular flexibility index (Phi) is 2.59. The molecule has 2 aliphatic rings. The van der Waals surface area contributed by atoms with Crippen molar-refractivity contribution >= 4 is 11.4 Å². The molecule has 4 heteroatoms. The maximum Gasteiger partial charge on any atom is 0.121 e. The van der Waals surface area contributed by atoms with Gasteiger partial charge in [-0.25, -0.2) is 0 Å². The predicted molar refractivity (Wildman–Crippen MR) is 67.9 cm³/mol. The van der Waals surface area contributed by atoms with E-state index in [1.54, 1.807) is 7.11 Å². The molecule has 92 valence electrons. The Morgan fingerprint density at radius 3 is 2.82 bits per heavy atom. The van der Waals surface area contributed by atoms with Crippen molar-refractivity contribution in [2.24, 2.45) is 0 Å². The van der Waals surface area contributed by atoms with E-state index >= 15 is 0 Å². The highest BCUT2D eigenvalue weighted by atomic mass is 16.5. The monoisotopic (exact) mass is 234 g/mol. The number of fused-ring (bicyclic) bond motifs is 1. The molecule has 3 rings (SSSR count).